The second kappa shape index (κ2) is 12.1. The van der Waals surface area contributed by atoms with Crippen LogP contribution in [-0.4, -0.2) is 31.9 Å². The molecule has 0 N–H and O–H groups in total. The monoisotopic (exact) mass is 277 g/mol. The number of quaternary nitrogens is 1. The van der Waals surface area contributed by atoms with E-state index in [1.807, 2.05) is 0 Å². The van der Waals surface area contributed by atoms with E-state index in [0.29, 0.717) is 19.6 Å². The van der Waals surface area contributed by atoms with Gasteiger partial charge in [-0.3, -0.25) is 0 Å². The number of hydroxylamine groups is 3. The number of ether oxygens (including phenoxy) is 1. The van der Waals surface area contributed by atoms with Gasteiger partial charge in [-0.2, -0.15) is 0 Å². The standard InChI is InChI=1S/C18H15NO2/c1-4-5-6-7-8-9-10-11-12-13-14-17-21-18-15-16-19(2,3)20/h15-16,18H2,1-3H3. The molecule has 104 valence electrons. The molecule has 0 bridgehead atoms. The highest BCUT2D eigenvalue weighted by atomic mass is 16.5. The molecule has 3 heteroatoms. The molecular formula is C18H15NO2. The SMILES string of the molecule is CC#CC#CC#CC#CC#CC#COCCC[N+](C)(C)[O-]. The fourth-order valence-electron chi connectivity index (χ4n) is 0.943. The molecule has 0 fully saturated rings. The van der Waals surface area contributed by atoms with Gasteiger partial charge in [-0.1, -0.05) is 5.92 Å². The van der Waals surface area contributed by atoms with E-state index >= 15 is 0 Å². The maximum absolute atomic E-state index is 11.2. The van der Waals surface area contributed by atoms with Crippen molar-refractivity contribution in [3.8, 4) is 71.2 Å². The van der Waals surface area contributed by atoms with Gasteiger partial charge in [0, 0.05) is 36.0 Å². The summed E-state index contributed by atoms with van der Waals surface area (Å²) in [4.78, 5) is 0. The Morgan fingerprint density at radius 2 is 1.29 bits per heavy atom. The zero-order valence-corrected chi connectivity index (χ0v) is 12.4. The van der Waals surface area contributed by atoms with Crippen LogP contribution in [0.4, 0.5) is 0 Å². The van der Waals surface area contributed by atoms with E-state index < -0.39 is 0 Å². The van der Waals surface area contributed by atoms with Gasteiger partial charge in [-0.05, 0) is 36.5 Å². The van der Waals surface area contributed by atoms with Crippen molar-refractivity contribution in [3.05, 3.63) is 5.21 Å². The number of nitrogens with zero attached hydrogens (tertiary/aromatic N) is 1. The smallest absolute Gasteiger partial charge is 0.124 e. The normalized spacial score (nSPS) is 7.24. The lowest BCUT2D eigenvalue weighted by atomic mass is 10.4. The van der Waals surface area contributed by atoms with Gasteiger partial charge < -0.3 is 14.6 Å². The average Bonchev–Trinajstić information content (AvgIpc) is 2.42. The van der Waals surface area contributed by atoms with Crippen LogP contribution in [0.1, 0.15) is 13.3 Å². The van der Waals surface area contributed by atoms with E-state index in [0.717, 1.165) is 0 Å². The van der Waals surface area contributed by atoms with Crippen molar-refractivity contribution in [2.75, 3.05) is 27.2 Å². The predicted molar refractivity (Wildman–Crippen MR) is 83.2 cm³/mol. The first-order chi connectivity index (χ1) is 10.1. The molecule has 0 aliphatic heterocycles. The molecule has 0 atom stereocenters. The summed E-state index contributed by atoms with van der Waals surface area (Å²) in [7, 11) is 3.17. The zero-order valence-electron chi connectivity index (χ0n) is 12.4. The fraction of sp³-hybridized carbons (Fsp3) is 0.333. The fourth-order valence-corrected chi connectivity index (χ4v) is 0.943. The Morgan fingerprint density at radius 1 is 0.810 bits per heavy atom. The van der Waals surface area contributed by atoms with Crippen molar-refractivity contribution in [2.45, 2.75) is 13.3 Å². The molecule has 21 heavy (non-hydrogen) atoms. The molecule has 0 radical (unpaired) electrons. The van der Waals surface area contributed by atoms with Crippen LogP contribution in [-0.2, 0) is 4.74 Å². The summed E-state index contributed by atoms with van der Waals surface area (Å²) in [5, 5.41) is 11.2. The van der Waals surface area contributed by atoms with E-state index in [1.165, 1.54) is 0 Å². The molecule has 0 rings (SSSR count). The number of rotatable bonds is 4. The number of hydrogen-bond donors (Lipinski definition) is 0. The van der Waals surface area contributed by atoms with Crippen LogP contribution in [0, 0.1) is 76.4 Å². The van der Waals surface area contributed by atoms with Gasteiger partial charge in [-0.15, -0.1) is 0 Å². The molecule has 0 aromatic carbocycles. The third-order valence-corrected chi connectivity index (χ3v) is 1.75. The summed E-state index contributed by atoms with van der Waals surface area (Å²) in [5.74, 6) is 27.8. The maximum atomic E-state index is 11.2. The highest BCUT2D eigenvalue weighted by Gasteiger charge is 1.99. The lowest BCUT2D eigenvalue weighted by Gasteiger charge is -2.33. The van der Waals surface area contributed by atoms with Gasteiger partial charge in [-0.25, -0.2) is 0 Å². The van der Waals surface area contributed by atoms with E-state index in [9.17, 15) is 5.21 Å². The first-order valence-corrected chi connectivity index (χ1v) is 6.14. The molecule has 0 aliphatic carbocycles. The minimum absolute atomic E-state index is 0.331. The summed E-state index contributed by atoms with van der Waals surface area (Å²) in [6.45, 7) is 2.60. The van der Waals surface area contributed by atoms with E-state index in [2.05, 4.69) is 71.2 Å². The minimum atomic E-state index is -0.331. The van der Waals surface area contributed by atoms with Crippen LogP contribution in [0.3, 0.4) is 0 Å². The molecule has 0 amide bonds. The van der Waals surface area contributed by atoms with Gasteiger partial charge >= 0.3 is 0 Å². The van der Waals surface area contributed by atoms with E-state index in [-0.39, 0.29) is 4.65 Å². The number of hydrogen-bond acceptors (Lipinski definition) is 2. The summed E-state index contributed by atoms with van der Waals surface area (Å²) in [6, 6.07) is 0. The molecule has 3 nitrogen and oxygen atoms in total. The molecule has 0 aromatic heterocycles. The largest absolute Gasteiger partial charge is 0.633 e. The Kier molecular flexibility index (Phi) is 10.4. The Bertz CT molecular complexity index is 688. The predicted octanol–water partition coefficient (Wildman–Crippen LogP) is 0.965. The van der Waals surface area contributed by atoms with Crippen molar-refractivity contribution >= 4 is 0 Å². The van der Waals surface area contributed by atoms with Crippen LogP contribution < -0.4 is 0 Å². The molecule has 0 saturated carbocycles. The maximum Gasteiger partial charge on any atom is 0.124 e. The van der Waals surface area contributed by atoms with Crippen LogP contribution in [0.5, 0.6) is 0 Å². The van der Waals surface area contributed by atoms with Gasteiger partial charge in [0.1, 0.15) is 12.7 Å². The second-order valence-corrected chi connectivity index (χ2v) is 4.10. The molecule has 0 heterocycles. The van der Waals surface area contributed by atoms with Gasteiger partial charge in [0.2, 0.25) is 0 Å². The van der Waals surface area contributed by atoms with Crippen molar-refractivity contribution in [2.24, 2.45) is 0 Å². The lowest BCUT2D eigenvalue weighted by molar-refractivity contribution is -0.840. The highest BCUT2D eigenvalue weighted by Crippen LogP contribution is 1.94. The molecule has 0 aliphatic rings. The Labute approximate surface area is 127 Å². The van der Waals surface area contributed by atoms with Gasteiger partial charge in [0.05, 0.1) is 20.6 Å². The topological polar surface area (TPSA) is 32.3 Å². The average molecular weight is 277 g/mol. The van der Waals surface area contributed by atoms with E-state index in [4.69, 9.17) is 4.74 Å². The Morgan fingerprint density at radius 3 is 1.76 bits per heavy atom. The summed E-state index contributed by atoms with van der Waals surface area (Å²) >= 11 is 0. The summed E-state index contributed by atoms with van der Waals surface area (Å²) in [6.07, 6.45) is 3.07. The molecule has 0 spiro atoms. The molecule has 0 unspecified atom stereocenters. The van der Waals surface area contributed by atoms with Crippen LogP contribution in [0.15, 0.2) is 0 Å². The van der Waals surface area contributed by atoms with Crippen LogP contribution in [0.25, 0.3) is 0 Å². The van der Waals surface area contributed by atoms with Crippen molar-refractivity contribution in [1.29, 1.82) is 0 Å². The first kappa shape index (κ1) is 18.1. The van der Waals surface area contributed by atoms with Gasteiger partial charge in [0.15, 0.2) is 0 Å². The molecule has 0 aromatic rings. The van der Waals surface area contributed by atoms with Crippen molar-refractivity contribution in [1.82, 2.24) is 0 Å². The van der Waals surface area contributed by atoms with Crippen LogP contribution in [0.2, 0.25) is 0 Å². The van der Waals surface area contributed by atoms with E-state index in [1.54, 1.807) is 21.0 Å². The highest BCUT2D eigenvalue weighted by molar-refractivity contribution is 5.43. The molecule has 0 saturated heterocycles. The Balaban J connectivity index is 3.93. The molecular weight excluding hydrogens is 262 g/mol. The van der Waals surface area contributed by atoms with Crippen molar-refractivity contribution in [3.63, 3.8) is 0 Å². The summed E-state index contributed by atoms with van der Waals surface area (Å²) in [5.41, 5.74) is 0. The second-order valence-electron chi connectivity index (χ2n) is 4.10. The van der Waals surface area contributed by atoms with Crippen molar-refractivity contribution < 1.29 is 9.38 Å². The summed E-state index contributed by atoms with van der Waals surface area (Å²) < 4.78 is 4.66. The lowest BCUT2D eigenvalue weighted by Crippen LogP contribution is -2.33. The third-order valence-electron chi connectivity index (χ3n) is 1.75. The quantitative estimate of drug-likeness (QED) is 0.332. The van der Waals surface area contributed by atoms with Crippen LogP contribution >= 0.6 is 0 Å². The first-order valence-electron chi connectivity index (χ1n) is 6.14. The minimum Gasteiger partial charge on any atom is -0.633 e. The third kappa shape index (κ3) is 17.1. The Hall–Kier alpha value is -2.92. The zero-order chi connectivity index (χ0) is 15.8. The van der Waals surface area contributed by atoms with Gasteiger partial charge in [0.25, 0.3) is 0 Å².